The number of hydrogen-bond donors (Lipinski definition) is 2. The molecule has 1 aliphatic rings. The number of anilines is 2. The first-order chi connectivity index (χ1) is 12.9. The monoisotopic (exact) mass is 485 g/mol. The molecule has 3 aromatic rings. The zero-order chi connectivity index (χ0) is 19.3. The zero-order valence-electron chi connectivity index (χ0n) is 14.1. The molecule has 1 aliphatic carbocycles. The van der Waals surface area contributed by atoms with Crippen LogP contribution in [0.5, 0.6) is 5.75 Å². The van der Waals surface area contributed by atoms with Gasteiger partial charge in [0.05, 0.1) is 27.0 Å². The third kappa shape index (κ3) is 2.80. The fourth-order valence-electron chi connectivity index (χ4n) is 3.20. The second-order valence-corrected chi connectivity index (χ2v) is 7.86. The van der Waals surface area contributed by atoms with E-state index in [-0.39, 0.29) is 28.4 Å². The van der Waals surface area contributed by atoms with Crippen LogP contribution < -0.4 is 5.32 Å². The Morgan fingerprint density at radius 2 is 1.37 bits per heavy atom. The Labute approximate surface area is 172 Å². The van der Waals surface area contributed by atoms with E-state index in [2.05, 4.69) is 37.2 Å². The van der Waals surface area contributed by atoms with Gasteiger partial charge in [0.15, 0.2) is 11.6 Å². The molecule has 4 rings (SSSR count). The van der Waals surface area contributed by atoms with Gasteiger partial charge in [-0.1, -0.05) is 30.3 Å². The molecule has 0 radical (unpaired) electrons. The summed E-state index contributed by atoms with van der Waals surface area (Å²) in [6, 6.07) is 13.5. The average molecular weight is 487 g/mol. The van der Waals surface area contributed by atoms with Crippen molar-refractivity contribution < 1.29 is 14.7 Å². The SMILES string of the molecule is Cc1ccc(Nc2ccc(O)c3c2C(=O)c2ccccc2C3=O)c(Br)c1Br. The van der Waals surface area contributed by atoms with Crippen molar-refractivity contribution in [3.05, 3.63) is 85.3 Å². The molecule has 0 atom stereocenters. The number of fused-ring (bicyclic) bond motifs is 2. The van der Waals surface area contributed by atoms with E-state index < -0.39 is 0 Å². The van der Waals surface area contributed by atoms with Crippen molar-refractivity contribution in [2.75, 3.05) is 5.32 Å². The summed E-state index contributed by atoms with van der Waals surface area (Å²) in [6.45, 7) is 1.97. The maximum absolute atomic E-state index is 13.1. The van der Waals surface area contributed by atoms with E-state index in [1.807, 2.05) is 19.1 Å². The Morgan fingerprint density at radius 1 is 0.778 bits per heavy atom. The first kappa shape index (κ1) is 17.9. The Morgan fingerprint density at radius 3 is 2.04 bits per heavy atom. The molecule has 0 amide bonds. The lowest BCUT2D eigenvalue weighted by atomic mass is 9.82. The standard InChI is InChI=1S/C21H13Br2NO3/c1-10-6-7-14(19(23)18(10)22)24-13-8-9-15(25)17-16(13)20(26)11-4-2-3-5-12(11)21(17)27/h2-9,24-25H,1H3. The van der Waals surface area contributed by atoms with Gasteiger partial charge in [0, 0.05) is 15.6 Å². The molecule has 3 aromatic carbocycles. The van der Waals surface area contributed by atoms with Crippen molar-refractivity contribution in [3.8, 4) is 5.75 Å². The summed E-state index contributed by atoms with van der Waals surface area (Å²) in [5.41, 5.74) is 3.12. The molecule has 0 bridgehead atoms. The number of phenolic OH excluding ortho intramolecular Hbond substituents is 1. The largest absolute Gasteiger partial charge is 0.507 e. The summed E-state index contributed by atoms with van der Waals surface area (Å²) in [6.07, 6.45) is 0. The summed E-state index contributed by atoms with van der Waals surface area (Å²) in [5, 5.41) is 13.5. The van der Waals surface area contributed by atoms with Crippen molar-refractivity contribution in [1.29, 1.82) is 0 Å². The second-order valence-electron chi connectivity index (χ2n) is 6.27. The van der Waals surface area contributed by atoms with Gasteiger partial charge in [-0.25, -0.2) is 0 Å². The lowest BCUT2D eigenvalue weighted by molar-refractivity contribution is 0.0977. The first-order valence-corrected chi connectivity index (χ1v) is 9.74. The van der Waals surface area contributed by atoms with Gasteiger partial charge in [-0.3, -0.25) is 9.59 Å². The zero-order valence-corrected chi connectivity index (χ0v) is 17.3. The lowest BCUT2D eigenvalue weighted by Gasteiger charge is -2.22. The molecular weight excluding hydrogens is 474 g/mol. The Bertz CT molecular complexity index is 1140. The Kier molecular flexibility index (Phi) is 4.40. The van der Waals surface area contributed by atoms with Gasteiger partial charge < -0.3 is 10.4 Å². The summed E-state index contributed by atoms with van der Waals surface area (Å²) < 4.78 is 1.70. The van der Waals surface area contributed by atoms with E-state index >= 15 is 0 Å². The van der Waals surface area contributed by atoms with Gasteiger partial charge in [-0.15, -0.1) is 0 Å². The number of benzene rings is 3. The van der Waals surface area contributed by atoms with Crippen molar-refractivity contribution in [3.63, 3.8) is 0 Å². The average Bonchev–Trinajstić information content (AvgIpc) is 2.67. The third-order valence-corrected chi connectivity index (χ3v) is 6.98. The highest BCUT2D eigenvalue weighted by Crippen LogP contribution is 2.40. The third-order valence-electron chi connectivity index (χ3n) is 4.60. The van der Waals surface area contributed by atoms with Gasteiger partial charge in [0.1, 0.15) is 5.75 Å². The van der Waals surface area contributed by atoms with Crippen LogP contribution in [0.25, 0.3) is 0 Å². The topological polar surface area (TPSA) is 66.4 Å². The molecule has 0 heterocycles. The molecule has 0 fully saturated rings. The minimum atomic E-state index is -0.356. The van der Waals surface area contributed by atoms with Crippen LogP contribution in [0.2, 0.25) is 0 Å². The maximum Gasteiger partial charge on any atom is 0.198 e. The van der Waals surface area contributed by atoms with Gasteiger partial charge in [-0.05, 0) is 62.5 Å². The lowest BCUT2D eigenvalue weighted by Crippen LogP contribution is -2.22. The predicted molar refractivity (Wildman–Crippen MR) is 111 cm³/mol. The van der Waals surface area contributed by atoms with E-state index in [4.69, 9.17) is 0 Å². The van der Waals surface area contributed by atoms with Crippen LogP contribution in [0.4, 0.5) is 11.4 Å². The smallest absolute Gasteiger partial charge is 0.198 e. The van der Waals surface area contributed by atoms with Gasteiger partial charge in [0.2, 0.25) is 0 Å². The van der Waals surface area contributed by atoms with Gasteiger partial charge >= 0.3 is 0 Å². The van der Waals surface area contributed by atoms with Crippen LogP contribution >= 0.6 is 31.9 Å². The molecule has 0 saturated heterocycles. The summed E-state index contributed by atoms with van der Waals surface area (Å²) in [4.78, 5) is 26.0. The molecule has 2 N–H and O–H groups in total. The van der Waals surface area contributed by atoms with Crippen molar-refractivity contribution in [2.24, 2.45) is 0 Å². The van der Waals surface area contributed by atoms with Crippen molar-refractivity contribution >= 4 is 54.8 Å². The predicted octanol–water partition coefficient (Wildman–Crippen LogP) is 5.74. The fraction of sp³-hybridized carbons (Fsp3) is 0.0476. The van der Waals surface area contributed by atoms with Crippen LogP contribution in [0, 0.1) is 6.92 Å². The molecule has 0 aromatic heterocycles. The van der Waals surface area contributed by atoms with Crippen LogP contribution in [0.1, 0.15) is 37.4 Å². The Balaban J connectivity index is 1.90. The number of halogens is 2. The van der Waals surface area contributed by atoms with Crippen LogP contribution in [-0.2, 0) is 0 Å². The number of carbonyl (C=O) groups is 2. The van der Waals surface area contributed by atoms with Crippen molar-refractivity contribution in [2.45, 2.75) is 6.92 Å². The Hall–Kier alpha value is -2.44. The number of aromatic hydroxyl groups is 1. The van der Waals surface area contributed by atoms with Crippen LogP contribution in [0.3, 0.4) is 0 Å². The fourth-order valence-corrected chi connectivity index (χ4v) is 4.09. The van der Waals surface area contributed by atoms with E-state index in [0.29, 0.717) is 16.8 Å². The molecule has 27 heavy (non-hydrogen) atoms. The maximum atomic E-state index is 13.1. The normalized spacial score (nSPS) is 12.6. The summed E-state index contributed by atoms with van der Waals surface area (Å²) in [7, 11) is 0. The number of phenols is 1. The van der Waals surface area contributed by atoms with E-state index in [1.165, 1.54) is 6.07 Å². The molecule has 6 heteroatoms. The highest BCUT2D eigenvalue weighted by molar-refractivity contribution is 9.13. The molecule has 0 saturated carbocycles. The van der Waals surface area contributed by atoms with E-state index in [9.17, 15) is 14.7 Å². The molecular formula is C21H13Br2NO3. The second kappa shape index (κ2) is 6.62. The molecule has 0 aliphatic heterocycles. The molecule has 134 valence electrons. The van der Waals surface area contributed by atoms with Crippen LogP contribution in [-0.4, -0.2) is 16.7 Å². The number of carbonyl (C=O) groups excluding carboxylic acids is 2. The van der Waals surface area contributed by atoms with E-state index in [1.54, 1.807) is 30.3 Å². The number of hydrogen-bond acceptors (Lipinski definition) is 4. The van der Waals surface area contributed by atoms with Gasteiger partial charge in [0.25, 0.3) is 0 Å². The minimum Gasteiger partial charge on any atom is -0.507 e. The number of rotatable bonds is 2. The quantitative estimate of drug-likeness (QED) is 0.354. The summed E-state index contributed by atoms with van der Waals surface area (Å²) >= 11 is 7.07. The van der Waals surface area contributed by atoms with Gasteiger partial charge in [-0.2, -0.15) is 0 Å². The number of ketones is 2. The molecule has 4 nitrogen and oxygen atoms in total. The highest BCUT2D eigenvalue weighted by atomic mass is 79.9. The molecule has 0 unspecified atom stereocenters. The number of nitrogens with one attached hydrogen (secondary N) is 1. The summed E-state index contributed by atoms with van der Waals surface area (Å²) in [5.74, 6) is -0.848. The van der Waals surface area contributed by atoms with Crippen molar-refractivity contribution in [1.82, 2.24) is 0 Å². The first-order valence-electron chi connectivity index (χ1n) is 8.16. The van der Waals surface area contributed by atoms with Crippen LogP contribution in [0.15, 0.2) is 57.5 Å². The molecule has 0 spiro atoms. The minimum absolute atomic E-state index is 0.0333. The number of aryl methyl sites for hydroxylation is 1. The van der Waals surface area contributed by atoms with E-state index in [0.717, 1.165) is 20.2 Å². The highest BCUT2D eigenvalue weighted by Gasteiger charge is 2.34.